The number of ether oxygens (including phenoxy) is 2. The monoisotopic (exact) mass is 226 g/mol. The highest BCUT2D eigenvalue weighted by Crippen LogP contribution is 2.24. The van der Waals surface area contributed by atoms with Crippen LogP contribution in [0.2, 0.25) is 0 Å². The predicted octanol–water partition coefficient (Wildman–Crippen LogP) is 0.960. The van der Waals surface area contributed by atoms with E-state index in [4.69, 9.17) is 14.6 Å². The average Bonchev–Trinajstić information content (AvgIpc) is 2.29. The third-order valence-corrected chi connectivity index (χ3v) is 2.16. The summed E-state index contributed by atoms with van der Waals surface area (Å²) in [5.41, 5.74) is 1.08. The average molecular weight is 226 g/mol. The molecule has 0 fully saturated rings. The van der Waals surface area contributed by atoms with Crippen molar-refractivity contribution in [2.45, 2.75) is 12.7 Å². The lowest BCUT2D eigenvalue weighted by Gasteiger charge is -2.11. The molecule has 0 spiro atoms. The Kier molecular flexibility index (Phi) is 4.28. The molecule has 5 nitrogen and oxygen atoms in total. The van der Waals surface area contributed by atoms with Gasteiger partial charge in [0.2, 0.25) is 0 Å². The van der Waals surface area contributed by atoms with E-state index in [1.807, 2.05) is 0 Å². The molecule has 0 radical (unpaired) electrons. The van der Waals surface area contributed by atoms with E-state index in [1.165, 1.54) is 19.2 Å². The Hall–Kier alpha value is -1.59. The van der Waals surface area contributed by atoms with Gasteiger partial charge in [-0.15, -0.1) is 0 Å². The van der Waals surface area contributed by atoms with Gasteiger partial charge in [-0.2, -0.15) is 0 Å². The van der Waals surface area contributed by atoms with Crippen molar-refractivity contribution in [3.63, 3.8) is 0 Å². The Balaban J connectivity index is 3.03. The highest BCUT2D eigenvalue weighted by Gasteiger charge is 2.17. The van der Waals surface area contributed by atoms with Crippen LogP contribution >= 0.6 is 0 Å². The summed E-state index contributed by atoms with van der Waals surface area (Å²) >= 11 is 0. The lowest BCUT2D eigenvalue weighted by atomic mass is 10.1. The minimum atomic E-state index is -1.54. The van der Waals surface area contributed by atoms with Crippen molar-refractivity contribution in [2.24, 2.45) is 0 Å². The first-order valence-electron chi connectivity index (χ1n) is 4.66. The molecule has 0 aliphatic carbocycles. The highest BCUT2D eigenvalue weighted by molar-refractivity contribution is 5.74. The molecule has 0 aromatic heterocycles. The Morgan fingerprint density at radius 2 is 2.12 bits per heavy atom. The van der Waals surface area contributed by atoms with Gasteiger partial charge in [0.25, 0.3) is 0 Å². The Bertz CT molecular complexity index is 375. The van der Waals surface area contributed by atoms with Gasteiger partial charge >= 0.3 is 5.97 Å². The first-order chi connectivity index (χ1) is 7.60. The molecule has 0 amide bonds. The summed E-state index contributed by atoms with van der Waals surface area (Å²) < 4.78 is 10.0. The molecule has 16 heavy (non-hydrogen) atoms. The fourth-order valence-electron chi connectivity index (χ4n) is 1.35. The predicted molar refractivity (Wildman–Crippen MR) is 56.3 cm³/mol. The van der Waals surface area contributed by atoms with E-state index < -0.39 is 12.1 Å². The number of benzene rings is 1. The number of carbonyl (C=O) groups is 1. The summed E-state index contributed by atoms with van der Waals surface area (Å²) in [5, 5.41) is 18.0. The van der Waals surface area contributed by atoms with Crippen molar-refractivity contribution in [1.82, 2.24) is 0 Å². The smallest absolute Gasteiger partial charge is 0.337 e. The van der Waals surface area contributed by atoms with Crippen LogP contribution < -0.4 is 4.74 Å². The Morgan fingerprint density at radius 3 is 2.62 bits per heavy atom. The molecule has 0 aliphatic rings. The number of aliphatic hydroxyl groups is 1. The van der Waals surface area contributed by atoms with Gasteiger partial charge in [-0.1, -0.05) is 12.1 Å². The van der Waals surface area contributed by atoms with Gasteiger partial charge in [0.1, 0.15) is 5.75 Å². The van der Waals surface area contributed by atoms with E-state index in [-0.39, 0.29) is 5.56 Å². The maximum absolute atomic E-state index is 10.6. The van der Waals surface area contributed by atoms with Crippen molar-refractivity contribution in [3.05, 3.63) is 29.3 Å². The quantitative estimate of drug-likeness (QED) is 0.782. The zero-order valence-corrected chi connectivity index (χ0v) is 9.14. The Labute approximate surface area is 93.2 Å². The zero-order valence-electron chi connectivity index (χ0n) is 9.14. The molecule has 1 aromatic carbocycles. The van der Waals surface area contributed by atoms with Gasteiger partial charge in [-0.25, -0.2) is 4.79 Å². The summed E-state index contributed by atoms with van der Waals surface area (Å²) in [6, 6.07) is 4.70. The summed E-state index contributed by atoms with van der Waals surface area (Å²) in [7, 11) is 3.03. The zero-order chi connectivity index (χ0) is 12.1. The van der Waals surface area contributed by atoms with Crippen molar-refractivity contribution in [2.75, 3.05) is 14.2 Å². The second-order valence-corrected chi connectivity index (χ2v) is 3.25. The van der Waals surface area contributed by atoms with Crippen molar-refractivity contribution in [1.29, 1.82) is 0 Å². The maximum atomic E-state index is 10.6. The number of aliphatic carboxylic acids is 1. The van der Waals surface area contributed by atoms with Crippen LogP contribution in [0.4, 0.5) is 0 Å². The second kappa shape index (κ2) is 5.48. The number of aliphatic hydroxyl groups excluding tert-OH is 1. The van der Waals surface area contributed by atoms with E-state index in [0.29, 0.717) is 12.4 Å². The molecule has 2 N–H and O–H groups in total. The summed E-state index contributed by atoms with van der Waals surface area (Å²) in [5.74, 6) is -0.791. The summed E-state index contributed by atoms with van der Waals surface area (Å²) in [4.78, 5) is 10.6. The molecular formula is C11H14O5. The van der Waals surface area contributed by atoms with Crippen LogP contribution in [0.3, 0.4) is 0 Å². The van der Waals surface area contributed by atoms with Crippen molar-refractivity contribution in [3.8, 4) is 5.75 Å². The largest absolute Gasteiger partial charge is 0.496 e. The van der Waals surface area contributed by atoms with E-state index in [0.717, 1.165) is 5.56 Å². The number of rotatable bonds is 5. The first-order valence-corrected chi connectivity index (χ1v) is 4.66. The molecular weight excluding hydrogens is 212 g/mol. The molecule has 0 bridgehead atoms. The van der Waals surface area contributed by atoms with Crippen molar-refractivity contribution >= 4 is 5.97 Å². The number of carboxylic acid groups (broad SMARTS) is 1. The van der Waals surface area contributed by atoms with Crippen LogP contribution in [0, 0.1) is 0 Å². The van der Waals surface area contributed by atoms with E-state index >= 15 is 0 Å². The SMILES string of the molecule is COCc1ccc(C(O)C(=O)O)cc1OC. The lowest BCUT2D eigenvalue weighted by molar-refractivity contribution is -0.146. The van der Waals surface area contributed by atoms with E-state index in [1.54, 1.807) is 13.2 Å². The molecule has 1 aromatic rings. The van der Waals surface area contributed by atoms with Crippen molar-refractivity contribution < 1.29 is 24.5 Å². The third kappa shape index (κ3) is 2.71. The molecule has 1 unspecified atom stereocenters. The fourth-order valence-corrected chi connectivity index (χ4v) is 1.35. The van der Waals surface area contributed by atoms with Gasteiger partial charge in [-0.05, 0) is 11.6 Å². The minimum absolute atomic E-state index is 0.282. The van der Waals surface area contributed by atoms with Crippen LogP contribution in [0.5, 0.6) is 5.75 Å². The van der Waals surface area contributed by atoms with Gasteiger partial charge in [0.05, 0.1) is 13.7 Å². The minimum Gasteiger partial charge on any atom is -0.496 e. The van der Waals surface area contributed by atoms with Gasteiger partial charge in [0, 0.05) is 12.7 Å². The summed E-state index contributed by atoms with van der Waals surface area (Å²) in [6.45, 7) is 0.368. The van der Waals surface area contributed by atoms with E-state index in [2.05, 4.69) is 0 Å². The van der Waals surface area contributed by atoms with Crippen LogP contribution in [-0.4, -0.2) is 30.4 Å². The molecule has 0 aliphatic heterocycles. The lowest BCUT2D eigenvalue weighted by Crippen LogP contribution is -2.10. The molecule has 5 heteroatoms. The number of hydrogen-bond acceptors (Lipinski definition) is 4. The number of carboxylic acids is 1. The molecule has 0 saturated carbocycles. The topological polar surface area (TPSA) is 76.0 Å². The molecule has 0 saturated heterocycles. The molecule has 1 atom stereocenters. The highest BCUT2D eigenvalue weighted by atomic mass is 16.5. The van der Waals surface area contributed by atoms with Crippen LogP contribution in [0.1, 0.15) is 17.2 Å². The Morgan fingerprint density at radius 1 is 1.44 bits per heavy atom. The number of methoxy groups -OCH3 is 2. The molecule has 1 rings (SSSR count). The number of hydrogen-bond donors (Lipinski definition) is 2. The molecule has 88 valence electrons. The van der Waals surface area contributed by atoms with Crippen LogP contribution in [0.25, 0.3) is 0 Å². The van der Waals surface area contributed by atoms with Crippen LogP contribution in [0.15, 0.2) is 18.2 Å². The molecule has 0 heterocycles. The standard InChI is InChI=1S/C11H14O5/c1-15-6-8-4-3-7(5-9(8)16-2)10(12)11(13)14/h3-5,10,12H,6H2,1-2H3,(H,13,14). The third-order valence-electron chi connectivity index (χ3n) is 2.16. The van der Waals surface area contributed by atoms with Gasteiger partial charge in [-0.3, -0.25) is 0 Å². The fraction of sp³-hybridized carbons (Fsp3) is 0.364. The van der Waals surface area contributed by atoms with Gasteiger partial charge in [0.15, 0.2) is 6.10 Å². The maximum Gasteiger partial charge on any atom is 0.337 e. The first kappa shape index (κ1) is 12.5. The van der Waals surface area contributed by atoms with Gasteiger partial charge < -0.3 is 19.7 Å². The van der Waals surface area contributed by atoms with E-state index in [9.17, 15) is 9.90 Å². The summed E-state index contributed by atoms with van der Waals surface area (Å²) in [6.07, 6.45) is -1.54. The second-order valence-electron chi connectivity index (χ2n) is 3.25. The normalized spacial score (nSPS) is 12.2. The van der Waals surface area contributed by atoms with Crippen LogP contribution in [-0.2, 0) is 16.1 Å².